The van der Waals surface area contributed by atoms with E-state index in [4.69, 9.17) is 15.2 Å². The van der Waals surface area contributed by atoms with Gasteiger partial charge in [-0.15, -0.1) is 0 Å². The molecule has 2 aromatic carbocycles. The number of nitrogens with zero attached hydrogens (tertiary/aromatic N) is 1. The Morgan fingerprint density at radius 3 is 2.75 bits per heavy atom. The molecule has 1 aliphatic heterocycles. The molecule has 0 spiro atoms. The lowest BCUT2D eigenvalue weighted by Crippen LogP contribution is -2.13. The highest BCUT2D eigenvalue weighted by atomic mass is 16.5. The second-order valence-corrected chi connectivity index (χ2v) is 4.63. The average molecular weight is 268 g/mol. The summed E-state index contributed by atoms with van der Waals surface area (Å²) in [5.74, 6) is 0.820. The first-order valence-corrected chi connectivity index (χ1v) is 6.54. The molecular formula is C16H16N2O2. The number of ether oxygens (including phenoxy) is 2. The van der Waals surface area contributed by atoms with Crippen molar-refractivity contribution in [3.05, 3.63) is 65.7 Å². The van der Waals surface area contributed by atoms with Crippen molar-refractivity contribution in [3.8, 4) is 5.75 Å². The third-order valence-corrected chi connectivity index (χ3v) is 3.15. The van der Waals surface area contributed by atoms with Gasteiger partial charge in [-0.05, 0) is 23.3 Å². The number of hydrogen-bond donors (Lipinski definition) is 1. The lowest BCUT2D eigenvalue weighted by molar-refractivity contribution is 0.225. The van der Waals surface area contributed by atoms with Gasteiger partial charge in [-0.2, -0.15) is 0 Å². The van der Waals surface area contributed by atoms with Gasteiger partial charge in [-0.3, -0.25) is 0 Å². The van der Waals surface area contributed by atoms with Crippen molar-refractivity contribution in [1.29, 1.82) is 0 Å². The summed E-state index contributed by atoms with van der Waals surface area (Å²) in [5.41, 5.74) is 7.70. The highest BCUT2D eigenvalue weighted by Crippen LogP contribution is 2.25. The van der Waals surface area contributed by atoms with Gasteiger partial charge in [0.05, 0.1) is 6.54 Å². The predicted octanol–water partition coefficient (Wildman–Crippen LogP) is 2.65. The molecule has 0 saturated carbocycles. The van der Waals surface area contributed by atoms with Crippen LogP contribution >= 0.6 is 0 Å². The van der Waals surface area contributed by atoms with Crippen molar-refractivity contribution in [1.82, 2.24) is 0 Å². The van der Waals surface area contributed by atoms with Gasteiger partial charge in [0.15, 0.2) is 0 Å². The highest BCUT2D eigenvalue weighted by molar-refractivity contribution is 5.73. The highest BCUT2D eigenvalue weighted by Gasteiger charge is 2.19. The molecule has 0 saturated heterocycles. The number of benzene rings is 2. The van der Waals surface area contributed by atoms with Gasteiger partial charge in [0.25, 0.3) is 6.02 Å². The van der Waals surface area contributed by atoms with Crippen molar-refractivity contribution >= 4 is 6.02 Å². The van der Waals surface area contributed by atoms with Gasteiger partial charge in [-0.1, -0.05) is 42.5 Å². The van der Waals surface area contributed by atoms with E-state index in [0.717, 1.165) is 16.9 Å². The van der Waals surface area contributed by atoms with Crippen molar-refractivity contribution in [3.63, 3.8) is 0 Å². The van der Waals surface area contributed by atoms with Crippen LogP contribution in [0.1, 0.15) is 17.2 Å². The minimum absolute atomic E-state index is 0.102. The summed E-state index contributed by atoms with van der Waals surface area (Å²) in [5, 5.41) is 0. The molecule has 4 nitrogen and oxygen atoms in total. The van der Waals surface area contributed by atoms with Crippen LogP contribution in [0.4, 0.5) is 0 Å². The first-order valence-electron chi connectivity index (χ1n) is 6.54. The number of hydrogen-bond acceptors (Lipinski definition) is 4. The molecule has 0 aromatic heterocycles. The second kappa shape index (κ2) is 5.65. The van der Waals surface area contributed by atoms with Crippen molar-refractivity contribution < 1.29 is 9.47 Å². The largest absolute Gasteiger partial charge is 0.489 e. The monoisotopic (exact) mass is 268 g/mol. The molecule has 0 aliphatic carbocycles. The van der Waals surface area contributed by atoms with Gasteiger partial charge in [0.2, 0.25) is 0 Å². The molecule has 20 heavy (non-hydrogen) atoms. The quantitative estimate of drug-likeness (QED) is 0.927. The molecule has 102 valence electrons. The van der Waals surface area contributed by atoms with E-state index < -0.39 is 0 Å². The number of amidine groups is 1. The summed E-state index contributed by atoms with van der Waals surface area (Å²) >= 11 is 0. The van der Waals surface area contributed by atoms with Crippen molar-refractivity contribution in [2.24, 2.45) is 10.7 Å². The summed E-state index contributed by atoms with van der Waals surface area (Å²) in [6.45, 7) is 1.11. The Hall–Kier alpha value is -2.49. The van der Waals surface area contributed by atoms with E-state index in [2.05, 4.69) is 4.99 Å². The lowest BCUT2D eigenvalue weighted by Gasteiger charge is -2.12. The predicted molar refractivity (Wildman–Crippen MR) is 77.5 cm³/mol. The first kappa shape index (κ1) is 12.5. The molecule has 1 heterocycles. The zero-order valence-electron chi connectivity index (χ0n) is 11.0. The normalized spacial score (nSPS) is 17.4. The SMILES string of the molecule is NC1=NCC(c2cccc(OCc3ccccc3)c2)O1. The molecule has 1 aliphatic rings. The minimum Gasteiger partial charge on any atom is -0.489 e. The van der Waals surface area contributed by atoms with Crippen LogP contribution in [0.5, 0.6) is 5.75 Å². The Kier molecular flexibility index (Phi) is 3.54. The Bertz CT molecular complexity index is 611. The lowest BCUT2D eigenvalue weighted by atomic mass is 10.1. The van der Waals surface area contributed by atoms with Crippen LogP contribution in [-0.2, 0) is 11.3 Å². The van der Waals surface area contributed by atoms with Gasteiger partial charge < -0.3 is 15.2 Å². The Morgan fingerprint density at radius 1 is 1.15 bits per heavy atom. The van der Waals surface area contributed by atoms with Gasteiger partial charge in [0, 0.05) is 0 Å². The summed E-state index contributed by atoms with van der Waals surface area (Å²) in [6.07, 6.45) is -0.102. The maximum Gasteiger partial charge on any atom is 0.282 e. The Labute approximate surface area is 117 Å². The smallest absolute Gasteiger partial charge is 0.282 e. The summed E-state index contributed by atoms with van der Waals surface area (Å²) in [4.78, 5) is 4.05. The van der Waals surface area contributed by atoms with Crippen molar-refractivity contribution in [2.45, 2.75) is 12.7 Å². The maximum absolute atomic E-state index is 5.79. The molecule has 1 unspecified atom stereocenters. The van der Waals surface area contributed by atoms with E-state index in [1.807, 2.05) is 54.6 Å². The van der Waals surface area contributed by atoms with Gasteiger partial charge in [0.1, 0.15) is 18.5 Å². The van der Waals surface area contributed by atoms with Crippen LogP contribution in [0, 0.1) is 0 Å². The molecule has 1 atom stereocenters. The standard InChI is InChI=1S/C16H16N2O2/c17-16-18-10-15(20-16)13-7-4-8-14(9-13)19-11-12-5-2-1-3-6-12/h1-9,15H,10-11H2,(H2,17,18). The molecule has 2 aromatic rings. The maximum atomic E-state index is 5.79. The Balaban J connectivity index is 1.66. The summed E-state index contributed by atoms with van der Waals surface area (Å²) < 4.78 is 11.2. The van der Waals surface area contributed by atoms with Crippen LogP contribution in [-0.4, -0.2) is 12.6 Å². The zero-order valence-corrected chi connectivity index (χ0v) is 11.0. The fourth-order valence-corrected chi connectivity index (χ4v) is 2.11. The fourth-order valence-electron chi connectivity index (χ4n) is 2.11. The van der Waals surface area contributed by atoms with E-state index in [1.165, 1.54) is 0 Å². The number of rotatable bonds is 4. The van der Waals surface area contributed by atoms with E-state index >= 15 is 0 Å². The molecule has 0 fully saturated rings. The number of aliphatic imine (C=N–C) groups is 1. The van der Waals surface area contributed by atoms with Gasteiger partial charge in [-0.25, -0.2) is 4.99 Å². The minimum atomic E-state index is -0.102. The molecule has 3 rings (SSSR count). The van der Waals surface area contributed by atoms with Crippen LogP contribution in [0.15, 0.2) is 59.6 Å². The topological polar surface area (TPSA) is 56.8 Å². The molecular weight excluding hydrogens is 252 g/mol. The zero-order chi connectivity index (χ0) is 13.8. The van der Waals surface area contributed by atoms with Crippen LogP contribution in [0.2, 0.25) is 0 Å². The van der Waals surface area contributed by atoms with E-state index in [9.17, 15) is 0 Å². The third-order valence-electron chi connectivity index (χ3n) is 3.15. The van der Waals surface area contributed by atoms with Crippen LogP contribution < -0.4 is 10.5 Å². The van der Waals surface area contributed by atoms with E-state index in [1.54, 1.807) is 0 Å². The molecule has 0 bridgehead atoms. The average Bonchev–Trinajstić information content (AvgIpc) is 2.93. The fraction of sp³-hybridized carbons (Fsp3) is 0.188. The second-order valence-electron chi connectivity index (χ2n) is 4.63. The van der Waals surface area contributed by atoms with E-state index in [0.29, 0.717) is 13.2 Å². The van der Waals surface area contributed by atoms with Crippen LogP contribution in [0.25, 0.3) is 0 Å². The number of nitrogens with two attached hydrogens (primary N) is 1. The van der Waals surface area contributed by atoms with Crippen molar-refractivity contribution in [2.75, 3.05) is 6.54 Å². The van der Waals surface area contributed by atoms with Gasteiger partial charge >= 0.3 is 0 Å². The third kappa shape index (κ3) is 2.91. The first-order chi connectivity index (χ1) is 9.81. The molecule has 2 N–H and O–H groups in total. The molecule has 0 radical (unpaired) electrons. The molecule has 0 amide bonds. The summed E-state index contributed by atoms with van der Waals surface area (Å²) in [6, 6.07) is 18.2. The van der Waals surface area contributed by atoms with Crippen LogP contribution in [0.3, 0.4) is 0 Å². The summed E-state index contributed by atoms with van der Waals surface area (Å²) in [7, 11) is 0. The van der Waals surface area contributed by atoms with E-state index in [-0.39, 0.29) is 12.1 Å². The molecule has 4 heteroatoms. The Morgan fingerprint density at radius 2 is 2.00 bits per heavy atom.